The lowest BCUT2D eigenvalue weighted by Crippen LogP contribution is -2.00. The van der Waals surface area contributed by atoms with Gasteiger partial charge in [-0.3, -0.25) is 0 Å². The first-order chi connectivity index (χ1) is 3.77. The van der Waals surface area contributed by atoms with Crippen molar-refractivity contribution in [2.45, 2.75) is 18.9 Å². The molecule has 8 heavy (non-hydrogen) atoms. The van der Waals surface area contributed by atoms with Crippen molar-refractivity contribution in [3.63, 3.8) is 0 Å². The second-order valence-corrected chi connectivity index (χ2v) is 2.86. The SMILES string of the molecule is CC(Cl)OCCCBr. The Morgan fingerprint density at radius 2 is 2.38 bits per heavy atom. The first-order valence-electron chi connectivity index (χ1n) is 2.59. The minimum absolute atomic E-state index is 0.144. The molecule has 0 heterocycles. The minimum Gasteiger partial charge on any atom is -0.363 e. The molecule has 0 aromatic rings. The van der Waals surface area contributed by atoms with Crippen LogP contribution in [-0.4, -0.2) is 17.5 Å². The first-order valence-corrected chi connectivity index (χ1v) is 4.15. The van der Waals surface area contributed by atoms with E-state index in [1.54, 1.807) is 0 Å². The van der Waals surface area contributed by atoms with Crippen molar-refractivity contribution < 1.29 is 4.74 Å². The Balaban J connectivity index is 2.72. The summed E-state index contributed by atoms with van der Waals surface area (Å²) in [6, 6.07) is 0. The van der Waals surface area contributed by atoms with Crippen LogP contribution in [0.5, 0.6) is 0 Å². The normalized spacial score (nSPS) is 13.9. The highest BCUT2D eigenvalue weighted by Gasteiger charge is 1.91. The fourth-order valence-electron chi connectivity index (χ4n) is 0.300. The Morgan fingerprint density at radius 1 is 1.75 bits per heavy atom. The van der Waals surface area contributed by atoms with Gasteiger partial charge in [0.05, 0.1) is 0 Å². The van der Waals surface area contributed by atoms with Gasteiger partial charge in [0.1, 0.15) is 5.56 Å². The average molecular weight is 201 g/mol. The lowest BCUT2D eigenvalue weighted by atomic mass is 10.5. The molecule has 0 spiro atoms. The van der Waals surface area contributed by atoms with Crippen LogP contribution in [0.1, 0.15) is 13.3 Å². The molecule has 1 nitrogen and oxygen atoms in total. The number of hydrogen-bond donors (Lipinski definition) is 0. The van der Waals surface area contributed by atoms with E-state index in [1.807, 2.05) is 6.92 Å². The third kappa shape index (κ3) is 6.73. The molecule has 3 heteroatoms. The van der Waals surface area contributed by atoms with Crippen LogP contribution in [0, 0.1) is 0 Å². The molecule has 0 radical (unpaired) electrons. The average Bonchev–Trinajstić information content (AvgIpc) is 1.66. The zero-order valence-electron chi connectivity index (χ0n) is 4.86. The van der Waals surface area contributed by atoms with Gasteiger partial charge in [-0.15, -0.1) is 0 Å². The summed E-state index contributed by atoms with van der Waals surface area (Å²) in [6.07, 6.45) is 1.02. The molecule has 0 aromatic heterocycles. The molecule has 0 fully saturated rings. The quantitative estimate of drug-likeness (QED) is 0.501. The van der Waals surface area contributed by atoms with E-state index < -0.39 is 0 Å². The Kier molecular flexibility index (Phi) is 6.39. The maximum atomic E-state index is 5.48. The van der Waals surface area contributed by atoms with E-state index in [1.165, 1.54) is 0 Å². The predicted molar refractivity (Wildman–Crippen MR) is 39.7 cm³/mol. The molecule has 0 N–H and O–H groups in total. The number of ether oxygens (including phenoxy) is 1. The molecular formula is C5H10BrClO. The highest BCUT2D eigenvalue weighted by atomic mass is 79.9. The van der Waals surface area contributed by atoms with Gasteiger partial charge in [0.2, 0.25) is 0 Å². The Bertz CT molecular complexity index is 49.7. The zero-order chi connectivity index (χ0) is 6.41. The van der Waals surface area contributed by atoms with Crippen molar-refractivity contribution in [1.29, 1.82) is 0 Å². The van der Waals surface area contributed by atoms with Gasteiger partial charge >= 0.3 is 0 Å². The van der Waals surface area contributed by atoms with Gasteiger partial charge < -0.3 is 4.74 Å². The standard InChI is InChI=1S/C5H10BrClO/c1-5(7)8-4-2-3-6/h5H,2-4H2,1H3. The number of hydrogen-bond acceptors (Lipinski definition) is 1. The van der Waals surface area contributed by atoms with Gasteiger partial charge in [0, 0.05) is 11.9 Å². The van der Waals surface area contributed by atoms with Crippen LogP contribution in [0.15, 0.2) is 0 Å². The second-order valence-electron chi connectivity index (χ2n) is 1.46. The summed E-state index contributed by atoms with van der Waals surface area (Å²) in [6.45, 7) is 2.56. The molecule has 0 saturated carbocycles. The fourth-order valence-corrected chi connectivity index (χ4v) is 0.618. The lowest BCUT2D eigenvalue weighted by Gasteiger charge is -2.01. The van der Waals surface area contributed by atoms with Gasteiger partial charge in [0.25, 0.3) is 0 Å². The molecule has 50 valence electrons. The van der Waals surface area contributed by atoms with Gasteiger partial charge in [-0.05, 0) is 13.3 Å². The number of alkyl halides is 2. The maximum absolute atomic E-state index is 5.48. The summed E-state index contributed by atoms with van der Waals surface area (Å²) in [5.41, 5.74) is -0.144. The molecule has 1 atom stereocenters. The molecule has 0 amide bonds. The van der Waals surface area contributed by atoms with Crippen LogP contribution in [0.3, 0.4) is 0 Å². The van der Waals surface area contributed by atoms with Crippen molar-refractivity contribution in [2.24, 2.45) is 0 Å². The predicted octanol–water partition coefficient (Wildman–Crippen LogP) is 2.37. The van der Waals surface area contributed by atoms with E-state index in [0.717, 1.165) is 18.4 Å². The summed E-state index contributed by atoms with van der Waals surface area (Å²) in [5.74, 6) is 0. The van der Waals surface area contributed by atoms with Crippen LogP contribution >= 0.6 is 27.5 Å². The second kappa shape index (κ2) is 5.86. The summed E-state index contributed by atoms with van der Waals surface area (Å²) < 4.78 is 5.02. The molecular weight excluding hydrogens is 191 g/mol. The first kappa shape index (κ1) is 8.73. The van der Waals surface area contributed by atoms with E-state index in [4.69, 9.17) is 16.3 Å². The Morgan fingerprint density at radius 3 is 2.75 bits per heavy atom. The summed E-state index contributed by atoms with van der Waals surface area (Å²) in [4.78, 5) is 0. The third-order valence-electron chi connectivity index (χ3n) is 0.625. The van der Waals surface area contributed by atoms with Crippen molar-refractivity contribution in [3.8, 4) is 0 Å². The topological polar surface area (TPSA) is 9.23 Å². The van der Waals surface area contributed by atoms with Crippen molar-refractivity contribution in [1.82, 2.24) is 0 Å². The third-order valence-corrected chi connectivity index (χ3v) is 1.31. The monoisotopic (exact) mass is 200 g/mol. The van der Waals surface area contributed by atoms with Gasteiger partial charge in [-0.2, -0.15) is 0 Å². The molecule has 0 aliphatic carbocycles. The Hall–Kier alpha value is 0.730. The lowest BCUT2D eigenvalue weighted by molar-refractivity contribution is 0.120. The maximum Gasteiger partial charge on any atom is 0.128 e. The molecule has 0 rings (SSSR count). The van der Waals surface area contributed by atoms with E-state index in [2.05, 4.69) is 15.9 Å². The van der Waals surface area contributed by atoms with E-state index in [-0.39, 0.29) is 5.56 Å². The summed E-state index contributed by atoms with van der Waals surface area (Å²) in [5, 5.41) is 0.983. The van der Waals surface area contributed by atoms with Gasteiger partial charge in [0.15, 0.2) is 0 Å². The van der Waals surface area contributed by atoms with E-state index in [9.17, 15) is 0 Å². The summed E-state index contributed by atoms with van der Waals surface area (Å²) in [7, 11) is 0. The van der Waals surface area contributed by atoms with Crippen LogP contribution in [0.4, 0.5) is 0 Å². The molecule has 1 unspecified atom stereocenters. The largest absolute Gasteiger partial charge is 0.363 e. The number of halogens is 2. The van der Waals surface area contributed by atoms with Crippen LogP contribution in [-0.2, 0) is 4.74 Å². The van der Waals surface area contributed by atoms with E-state index >= 15 is 0 Å². The molecule has 0 aromatic carbocycles. The van der Waals surface area contributed by atoms with Crippen LogP contribution in [0.25, 0.3) is 0 Å². The van der Waals surface area contributed by atoms with Crippen molar-refractivity contribution >= 4 is 27.5 Å². The van der Waals surface area contributed by atoms with Crippen LogP contribution < -0.4 is 0 Å². The molecule has 0 bridgehead atoms. The smallest absolute Gasteiger partial charge is 0.128 e. The van der Waals surface area contributed by atoms with Crippen molar-refractivity contribution in [3.05, 3.63) is 0 Å². The fraction of sp³-hybridized carbons (Fsp3) is 1.00. The minimum atomic E-state index is -0.144. The molecule has 0 aliphatic heterocycles. The highest BCUT2D eigenvalue weighted by molar-refractivity contribution is 9.09. The van der Waals surface area contributed by atoms with E-state index in [0.29, 0.717) is 0 Å². The van der Waals surface area contributed by atoms with Gasteiger partial charge in [-0.1, -0.05) is 27.5 Å². The zero-order valence-corrected chi connectivity index (χ0v) is 7.20. The van der Waals surface area contributed by atoms with Gasteiger partial charge in [-0.25, -0.2) is 0 Å². The summed E-state index contributed by atoms with van der Waals surface area (Å²) >= 11 is 8.75. The number of rotatable bonds is 4. The molecule has 0 saturated heterocycles. The van der Waals surface area contributed by atoms with Crippen molar-refractivity contribution in [2.75, 3.05) is 11.9 Å². The highest BCUT2D eigenvalue weighted by Crippen LogP contribution is 1.97. The molecule has 0 aliphatic rings. The van der Waals surface area contributed by atoms with Crippen LogP contribution in [0.2, 0.25) is 0 Å². The Labute approximate surface area is 63.5 Å².